The molecule has 2 amide bonds. The van der Waals surface area contributed by atoms with Gasteiger partial charge in [-0.25, -0.2) is 9.78 Å². The maximum atomic E-state index is 12.1. The van der Waals surface area contributed by atoms with Gasteiger partial charge in [0, 0.05) is 36.3 Å². The second kappa shape index (κ2) is 10.6. The maximum Gasteiger partial charge on any atom is 0.407 e. The van der Waals surface area contributed by atoms with Gasteiger partial charge in [0.15, 0.2) is 0 Å². The first-order valence-electron chi connectivity index (χ1n) is 11.1. The normalized spacial score (nSPS) is 14.9. The standard InChI is InChI=1S/C25H26ClN5O4/c1-14-17(10-11-28-23(14)18-4-3-5-19(27)22(18)26)20-8-6-15(24(31-20)34-2)13-35-25(33)29-12-16-7-9-21(32)30-16/h3-6,8,10-11,16H,7,9,12-13,27H2,1-2H3,(H,29,33)(H,30,32)/t16-/m0/s1. The van der Waals surface area contributed by atoms with Crippen LogP contribution in [0.4, 0.5) is 10.5 Å². The van der Waals surface area contributed by atoms with Crippen LogP contribution in [-0.4, -0.2) is 41.7 Å². The van der Waals surface area contributed by atoms with Crippen LogP contribution in [0.1, 0.15) is 24.0 Å². The summed E-state index contributed by atoms with van der Waals surface area (Å²) in [6.07, 6.45) is 2.28. The van der Waals surface area contributed by atoms with Crippen LogP contribution in [0.25, 0.3) is 22.5 Å². The van der Waals surface area contributed by atoms with E-state index in [9.17, 15) is 9.59 Å². The number of nitrogens with two attached hydrogens (primary N) is 1. The van der Waals surface area contributed by atoms with Crippen LogP contribution in [0.5, 0.6) is 5.88 Å². The predicted octanol–water partition coefficient (Wildman–Crippen LogP) is 3.87. The third-order valence-corrected chi connectivity index (χ3v) is 6.25. The summed E-state index contributed by atoms with van der Waals surface area (Å²) in [7, 11) is 1.51. The molecule has 182 valence electrons. The highest BCUT2D eigenvalue weighted by Gasteiger charge is 2.21. The zero-order valence-corrected chi connectivity index (χ0v) is 20.2. The van der Waals surface area contributed by atoms with E-state index in [1.54, 1.807) is 18.3 Å². The summed E-state index contributed by atoms with van der Waals surface area (Å²) >= 11 is 6.43. The molecule has 4 N–H and O–H groups in total. The fourth-order valence-corrected chi connectivity index (χ4v) is 4.17. The van der Waals surface area contributed by atoms with E-state index in [2.05, 4.69) is 20.6 Å². The summed E-state index contributed by atoms with van der Waals surface area (Å²) in [5, 5.41) is 5.91. The van der Waals surface area contributed by atoms with Crippen molar-refractivity contribution in [2.45, 2.75) is 32.4 Å². The molecule has 4 rings (SSSR count). The number of nitrogens with one attached hydrogen (secondary N) is 2. The van der Waals surface area contributed by atoms with Gasteiger partial charge in [0.2, 0.25) is 11.8 Å². The number of benzene rings is 1. The zero-order chi connectivity index (χ0) is 24.9. The Kier molecular flexibility index (Phi) is 7.36. The Morgan fingerprint density at radius 3 is 2.83 bits per heavy atom. The minimum atomic E-state index is -0.578. The van der Waals surface area contributed by atoms with Crippen molar-refractivity contribution in [3.63, 3.8) is 0 Å². The third kappa shape index (κ3) is 5.46. The number of carbonyl (C=O) groups is 2. The SMILES string of the molecule is COc1nc(-c2ccnc(-c3cccc(N)c3Cl)c2C)ccc1COC(=O)NC[C@@H]1CCC(=O)N1. The third-order valence-electron chi connectivity index (χ3n) is 5.83. The Morgan fingerprint density at radius 1 is 1.26 bits per heavy atom. The first-order valence-corrected chi connectivity index (χ1v) is 11.5. The first kappa shape index (κ1) is 24.3. The maximum absolute atomic E-state index is 12.1. The number of alkyl carbamates (subject to hydrolysis) is 1. The molecule has 9 nitrogen and oxygen atoms in total. The molecule has 0 radical (unpaired) electrons. The van der Waals surface area contributed by atoms with Crippen molar-refractivity contribution in [1.29, 1.82) is 0 Å². The molecule has 1 aliphatic heterocycles. The van der Waals surface area contributed by atoms with Crippen LogP contribution in [0.3, 0.4) is 0 Å². The molecule has 3 aromatic rings. The average molecular weight is 496 g/mol. The zero-order valence-electron chi connectivity index (χ0n) is 19.4. The molecule has 1 atom stereocenters. The minimum absolute atomic E-state index is 0.00591. The second-order valence-electron chi connectivity index (χ2n) is 8.17. The van der Waals surface area contributed by atoms with Gasteiger partial charge in [-0.2, -0.15) is 0 Å². The molecular formula is C25H26ClN5O4. The second-order valence-corrected chi connectivity index (χ2v) is 8.54. The Morgan fingerprint density at radius 2 is 2.09 bits per heavy atom. The number of amides is 2. The molecule has 1 aliphatic rings. The van der Waals surface area contributed by atoms with Crippen molar-refractivity contribution in [2.24, 2.45) is 0 Å². The lowest BCUT2D eigenvalue weighted by Gasteiger charge is -2.15. The van der Waals surface area contributed by atoms with E-state index in [4.69, 9.17) is 26.8 Å². The first-order chi connectivity index (χ1) is 16.9. The molecule has 1 fully saturated rings. The van der Waals surface area contributed by atoms with Gasteiger partial charge in [0.1, 0.15) is 6.61 Å². The minimum Gasteiger partial charge on any atom is -0.481 e. The molecule has 0 aliphatic carbocycles. The molecule has 1 aromatic carbocycles. The Bertz CT molecular complexity index is 1270. The number of hydrogen-bond donors (Lipinski definition) is 3. The van der Waals surface area contributed by atoms with E-state index in [-0.39, 0.29) is 18.6 Å². The van der Waals surface area contributed by atoms with E-state index in [1.165, 1.54) is 7.11 Å². The molecule has 2 aromatic heterocycles. The Balaban J connectivity index is 1.49. The fourth-order valence-electron chi connectivity index (χ4n) is 3.95. The lowest BCUT2D eigenvalue weighted by atomic mass is 9.99. The van der Waals surface area contributed by atoms with Gasteiger partial charge >= 0.3 is 6.09 Å². The number of nitrogens with zero attached hydrogens (tertiary/aromatic N) is 2. The highest BCUT2D eigenvalue weighted by molar-refractivity contribution is 6.35. The van der Waals surface area contributed by atoms with Crippen molar-refractivity contribution in [2.75, 3.05) is 19.4 Å². The fraction of sp³-hybridized carbons (Fsp3) is 0.280. The average Bonchev–Trinajstić information content (AvgIpc) is 3.28. The van der Waals surface area contributed by atoms with Gasteiger partial charge in [0.05, 0.1) is 34.8 Å². The van der Waals surface area contributed by atoms with Gasteiger partial charge in [-0.1, -0.05) is 23.7 Å². The van der Waals surface area contributed by atoms with Crippen molar-refractivity contribution in [3.05, 3.63) is 58.7 Å². The van der Waals surface area contributed by atoms with Crippen LogP contribution in [0.2, 0.25) is 5.02 Å². The molecule has 1 saturated heterocycles. The number of rotatable bonds is 7. The summed E-state index contributed by atoms with van der Waals surface area (Å²) in [6.45, 7) is 2.25. The lowest BCUT2D eigenvalue weighted by molar-refractivity contribution is -0.119. The van der Waals surface area contributed by atoms with Crippen molar-refractivity contribution >= 4 is 29.3 Å². The number of pyridine rings is 2. The lowest BCUT2D eigenvalue weighted by Crippen LogP contribution is -2.38. The number of nitrogen functional groups attached to an aromatic ring is 1. The van der Waals surface area contributed by atoms with Gasteiger partial charge in [-0.3, -0.25) is 9.78 Å². The van der Waals surface area contributed by atoms with Gasteiger partial charge in [0.25, 0.3) is 0 Å². The molecule has 3 heterocycles. The quantitative estimate of drug-likeness (QED) is 0.424. The van der Waals surface area contributed by atoms with E-state index in [0.717, 1.165) is 16.7 Å². The van der Waals surface area contributed by atoms with Gasteiger partial charge in [-0.15, -0.1) is 0 Å². The van der Waals surface area contributed by atoms with Crippen molar-refractivity contribution < 1.29 is 19.1 Å². The highest BCUT2D eigenvalue weighted by atomic mass is 35.5. The number of carbonyl (C=O) groups excluding carboxylic acids is 2. The summed E-state index contributed by atoms with van der Waals surface area (Å²) in [6, 6.07) is 10.9. The molecule has 10 heteroatoms. The van der Waals surface area contributed by atoms with Crippen molar-refractivity contribution in [3.8, 4) is 28.4 Å². The van der Waals surface area contributed by atoms with E-state index >= 15 is 0 Å². The van der Waals surface area contributed by atoms with Crippen LogP contribution in [0, 0.1) is 6.92 Å². The molecule has 0 unspecified atom stereocenters. The van der Waals surface area contributed by atoms with Crippen molar-refractivity contribution in [1.82, 2.24) is 20.6 Å². The summed E-state index contributed by atoms with van der Waals surface area (Å²) in [5.41, 5.74) is 10.9. The number of anilines is 1. The molecule has 0 bridgehead atoms. The molecule has 0 spiro atoms. The monoisotopic (exact) mass is 495 g/mol. The number of hydrogen-bond acceptors (Lipinski definition) is 7. The number of aromatic nitrogens is 2. The van der Waals surface area contributed by atoms with E-state index < -0.39 is 6.09 Å². The summed E-state index contributed by atoms with van der Waals surface area (Å²) in [5.74, 6) is 0.340. The Hall–Kier alpha value is -3.85. The molecule has 35 heavy (non-hydrogen) atoms. The Labute approximate surface area is 208 Å². The highest BCUT2D eigenvalue weighted by Crippen LogP contribution is 2.36. The van der Waals surface area contributed by atoms with Crippen LogP contribution in [0.15, 0.2) is 42.6 Å². The van der Waals surface area contributed by atoms with Gasteiger partial charge < -0.3 is 25.8 Å². The van der Waals surface area contributed by atoms with E-state index in [0.29, 0.717) is 52.9 Å². The topological polar surface area (TPSA) is 128 Å². The van der Waals surface area contributed by atoms with Gasteiger partial charge in [-0.05, 0) is 43.2 Å². The largest absolute Gasteiger partial charge is 0.481 e. The number of methoxy groups -OCH3 is 1. The summed E-state index contributed by atoms with van der Waals surface area (Å²) < 4.78 is 10.8. The van der Waals surface area contributed by atoms with Crippen LogP contribution < -0.4 is 21.1 Å². The summed E-state index contributed by atoms with van der Waals surface area (Å²) in [4.78, 5) is 32.5. The van der Waals surface area contributed by atoms with Crippen LogP contribution >= 0.6 is 11.6 Å². The number of halogens is 1. The molecule has 0 saturated carbocycles. The van der Waals surface area contributed by atoms with E-state index in [1.807, 2.05) is 31.2 Å². The smallest absolute Gasteiger partial charge is 0.407 e. The van der Waals surface area contributed by atoms with Crippen LogP contribution in [-0.2, 0) is 16.1 Å². The number of ether oxygens (including phenoxy) is 2. The predicted molar refractivity (Wildman–Crippen MR) is 133 cm³/mol. The molecular weight excluding hydrogens is 470 g/mol.